The van der Waals surface area contributed by atoms with E-state index in [2.05, 4.69) is 27.4 Å². The zero-order valence-corrected chi connectivity index (χ0v) is 11.2. The number of aromatic nitrogens is 2. The van der Waals surface area contributed by atoms with Gasteiger partial charge in [-0.05, 0) is 18.4 Å². The molecule has 0 aliphatic rings. The third kappa shape index (κ3) is 3.22. The minimum absolute atomic E-state index is 0.166. The number of nitrogens with one attached hydrogen (secondary N) is 2. The van der Waals surface area contributed by atoms with Crippen molar-refractivity contribution in [2.24, 2.45) is 0 Å². The van der Waals surface area contributed by atoms with Crippen LogP contribution < -0.4 is 5.32 Å². The zero-order valence-electron chi connectivity index (χ0n) is 10.4. The molecule has 0 aliphatic carbocycles. The van der Waals surface area contributed by atoms with Crippen LogP contribution in [-0.2, 0) is 6.54 Å². The normalized spacial score (nSPS) is 9.79. The Labute approximate surface area is 114 Å². The lowest BCUT2D eigenvalue weighted by atomic mass is 10.2. The van der Waals surface area contributed by atoms with Crippen molar-refractivity contribution in [3.63, 3.8) is 0 Å². The number of nitrogens with zero attached hydrogens (tertiary/aromatic N) is 1. The van der Waals surface area contributed by atoms with Gasteiger partial charge in [0.25, 0.3) is 5.91 Å². The predicted molar refractivity (Wildman–Crippen MR) is 72.8 cm³/mol. The maximum Gasteiger partial charge on any atom is 0.255 e. The Morgan fingerprint density at radius 2 is 2.47 bits per heavy atom. The van der Waals surface area contributed by atoms with Crippen LogP contribution in [0.1, 0.15) is 26.5 Å². The monoisotopic (exact) mass is 275 g/mol. The van der Waals surface area contributed by atoms with E-state index in [0.717, 1.165) is 16.1 Å². The Bertz CT molecular complexity index is 634. The highest BCUT2D eigenvalue weighted by Gasteiger charge is 2.11. The number of carbonyl (C=O) groups is 1. The molecule has 0 saturated carbocycles. The van der Waals surface area contributed by atoms with Gasteiger partial charge in [0.15, 0.2) is 0 Å². The van der Waals surface area contributed by atoms with Crippen molar-refractivity contribution in [3.05, 3.63) is 39.3 Å². The van der Waals surface area contributed by atoms with Gasteiger partial charge >= 0.3 is 0 Å². The summed E-state index contributed by atoms with van der Waals surface area (Å²) in [6, 6.07) is 1.87. The van der Waals surface area contributed by atoms with E-state index in [1.165, 1.54) is 17.5 Å². The number of rotatable bonds is 3. The lowest BCUT2D eigenvalue weighted by Crippen LogP contribution is -2.22. The Hall–Kier alpha value is -2.10. The third-order valence-corrected chi connectivity index (χ3v) is 3.45. The highest BCUT2D eigenvalue weighted by molar-refractivity contribution is 7.10. The molecular weight excluding hydrogens is 262 g/mol. The smallest absolute Gasteiger partial charge is 0.255 e. The summed E-state index contributed by atoms with van der Waals surface area (Å²) in [6.07, 6.45) is 1.51. The number of hydrogen-bond donors (Lipinski definition) is 3. The minimum atomic E-state index is -0.171. The predicted octanol–water partition coefficient (Wildman–Crippen LogP) is 1.05. The molecule has 3 N–H and O–H groups in total. The standard InChI is InChI=1S/C13H13N3O2S/c1-9-11(7-15-16-9)13(18)14-8-12-10(3-2-5-17)4-6-19-12/h4,6-7,17H,5,8H2,1H3,(H,14,18)(H,15,16). The average molecular weight is 275 g/mol. The summed E-state index contributed by atoms with van der Waals surface area (Å²) in [4.78, 5) is 12.9. The van der Waals surface area contributed by atoms with E-state index in [0.29, 0.717) is 12.1 Å². The molecule has 2 rings (SSSR count). The van der Waals surface area contributed by atoms with Gasteiger partial charge < -0.3 is 10.4 Å². The first-order chi connectivity index (χ1) is 9.22. The van der Waals surface area contributed by atoms with E-state index in [4.69, 9.17) is 5.11 Å². The lowest BCUT2D eigenvalue weighted by Gasteiger charge is -2.03. The van der Waals surface area contributed by atoms with Crippen LogP contribution in [0.2, 0.25) is 0 Å². The van der Waals surface area contributed by atoms with Crippen molar-refractivity contribution in [1.29, 1.82) is 0 Å². The molecule has 2 aromatic rings. The Balaban J connectivity index is 2.02. The third-order valence-electron chi connectivity index (χ3n) is 2.53. The van der Waals surface area contributed by atoms with Crippen LogP contribution in [0.3, 0.4) is 0 Å². The van der Waals surface area contributed by atoms with Gasteiger partial charge in [-0.25, -0.2) is 0 Å². The molecule has 0 fully saturated rings. The first-order valence-electron chi connectivity index (χ1n) is 5.66. The number of carbonyl (C=O) groups excluding carboxylic acids is 1. The fourth-order valence-corrected chi connectivity index (χ4v) is 2.33. The summed E-state index contributed by atoms with van der Waals surface area (Å²) in [5.41, 5.74) is 2.12. The van der Waals surface area contributed by atoms with Crippen molar-refractivity contribution in [3.8, 4) is 11.8 Å². The molecule has 0 unspecified atom stereocenters. The van der Waals surface area contributed by atoms with Gasteiger partial charge in [-0.15, -0.1) is 11.3 Å². The van der Waals surface area contributed by atoms with Crippen molar-refractivity contribution in [2.75, 3.05) is 6.61 Å². The number of aromatic amines is 1. The molecule has 19 heavy (non-hydrogen) atoms. The maximum absolute atomic E-state index is 11.9. The summed E-state index contributed by atoms with van der Waals surface area (Å²) in [6.45, 7) is 2.04. The van der Waals surface area contributed by atoms with E-state index < -0.39 is 0 Å². The van der Waals surface area contributed by atoms with E-state index in [1.54, 1.807) is 6.92 Å². The van der Waals surface area contributed by atoms with Crippen molar-refractivity contribution >= 4 is 17.2 Å². The van der Waals surface area contributed by atoms with Gasteiger partial charge in [-0.1, -0.05) is 11.8 Å². The van der Waals surface area contributed by atoms with Gasteiger partial charge in [0.2, 0.25) is 0 Å². The summed E-state index contributed by atoms with van der Waals surface area (Å²) < 4.78 is 0. The van der Waals surface area contributed by atoms with Crippen molar-refractivity contribution in [1.82, 2.24) is 15.5 Å². The molecule has 0 aromatic carbocycles. The Morgan fingerprint density at radius 1 is 1.63 bits per heavy atom. The number of aryl methyl sites for hydroxylation is 1. The van der Waals surface area contributed by atoms with Crippen LogP contribution in [0.5, 0.6) is 0 Å². The molecule has 0 aliphatic heterocycles. The summed E-state index contributed by atoms with van der Waals surface area (Å²) >= 11 is 1.52. The zero-order chi connectivity index (χ0) is 13.7. The molecule has 0 spiro atoms. The molecule has 98 valence electrons. The quantitative estimate of drug-likeness (QED) is 0.733. The van der Waals surface area contributed by atoms with E-state index in [1.807, 2.05) is 11.4 Å². The second-order valence-electron chi connectivity index (χ2n) is 3.81. The fraction of sp³-hybridized carbons (Fsp3) is 0.231. The Morgan fingerprint density at radius 3 is 3.16 bits per heavy atom. The van der Waals surface area contributed by atoms with E-state index >= 15 is 0 Å². The second-order valence-corrected chi connectivity index (χ2v) is 4.81. The molecule has 0 saturated heterocycles. The van der Waals surface area contributed by atoms with Crippen molar-refractivity contribution in [2.45, 2.75) is 13.5 Å². The van der Waals surface area contributed by atoms with E-state index in [9.17, 15) is 4.79 Å². The molecule has 1 amide bonds. The van der Waals surface area contributed by atoms with Gasteiger partial charge in [0.05, 0.1) is 18.3 Å². The lowest BCUT2D eigenvalue weighted by molar-refractivity contribution is 0.0951. The Kier molecular flexibility index (Phi) is 4.34. The number of hydrogen-bond acceptors (Lipinski definition) is 4. The molecule has 6 heteroatoms. The van der Waals surface area contributed by atoms with Crippen LogP contribution in [0, 0.1) is 18.8 Å². The minimum Gasteiger partial charge on any atom is -0.384 e. The fourth-order valence-electron chi connectivity index (χ4n) is 1.56. The van der Waals surface area contributed by atoms with Crippen LogP contribution in [0.15, 0.2) is 17.6 Å². The van der Waals surface area contributed by atoms with Crippen LogP contribution >= 0.6 is 11.3 Å². The van der Waals surface area contributed by atoms with Gasteiger partial charge in [0, 0.05) is 16.1 Å². The molecular formula is C13H13N3O2S. The molecule has 0 bridgehead atoms. The van der Waals surface area contributed by atoms with E-state index in [-0.39, 0.29) is 12.5 Å². The van der Waals surface area contributed by atoms with Crippen LogP contribution in [-0.4, -0.2) is 27.8 Å². The van der Waals surface area contributed by atoms with Gasteiger partial charge in [-0.2, -0.15) is 5.10 Å². The van der Waals surface area contributed by atoms with Crippen molar-refractivity contribution < 1.29 is 9.90 Å². The number of aliphatic hydroxyl groups is 1. The molecule has 5 nitrogen and oxygen atoms in total. The maximum atomic E-state index is 11.9. The molecule has 2 aromatic heterocycles. The average Bonchev–Trinajstić information content (AvgIpc) is 3.02. The highest BCUT2D eigenvalue weighted by Crippen LogP contribution is 2.15. The van der Waals surface area contributed by atoms with Gasteiger partial charge in [-0.3, -0.25) is 9.89 Å². The van der Waals surface area contributed by atoms with Crippen LogP contribution in [0.25, 0.3) is 0 Å². The number of thiophene rings is 1. The highest BCUT2D eigenvalue weighted by atomic mass is 32.1. The largest absolute Gasteiger partial charge is 0.384 e. The summed E-state index contributed by atoms with van der Waals surface area (Å²) in [7, 11) is 0. The SMILES string of the molecule is Cc1[nH]ncc1C(=O)NCc1sccc1C#CCO. The second kappa shape index (κ2) is 6.18. The van der Waals surface area contributed by atoms with Crippen LogP contribution in [0.4, 0.5) is 0 Å². The molecule has 2 heterocycles. The topological polar surface area (TPSA) is 78.0 Å². The summed E-state index contributed by atoms with van der Waals surface area (Å²) in [5.74, 6) is 5.29. The molecule has 0 atom stereocenters. The first-order valence-corrected chi connectivity index (χ1v) is 6.54. The van der Waals surface area contributed by atoms with Gasteiger partial charge in [0.1, 0.15) is 6.61 Å². The number of H-pyrrole nitrogens is 1. The summed E-state index contributed by atoms with van der Waals surface area (Å²) in [5, 5.41) is 20.0. The first kappa shape index (κ1) is 13.3. The molecule has 0 radical (unpaired) electrons. The number of amides is 1. The number of aliphatic hydroxyl groups excluding tert-OH is 1.